The Labute approximate surface area is 150 Å². The van der Waals surface area contributed by atoms with E-state index in [-0.39, 0.29) is 16.2 Å². The second-order valence-corrected chi connectivity index (χ2v) is 6.80. The molecule has 1 aromatic heterocycles. The van der Waals surface area contributed by atoms with Gasteiger partial charge in [-0.25, -0.2) is 4.39 Å². The zero-order valence-electron chi connectivity index (χ0n) is 14.0. The van der Waals surface area contributed by atoms with Gasteiger partial charge >= 0.3 is 0 Å². The molecule has 0 aliphatic rings. The van der Waals surface area contributed by atoms with E-state index in [0.29, 0.717) is 5.69 Å². The molecule has 5 heteroatoms. The normalized spacial score (nSPS) is 12.0. The molecule has 0 aliphatic heterocycles. The number of carbonyl (C=O) groups is 1. The molecule has 2 aromatic carbocycles. The second-order valence-electron chi connectivity index (χ2n) is 5.52. The van der Waals surface area contributed by atoms with Crippen molar-refractivity contribution in [3.05, 3.63) is 83.9 Å². The van der Waals surface area contributed by atoms with Crippen LogP contribution >= 0.6 is 11.8 Å². The van der Waals surface area contributed by atoms with Gasteiger partial charge < -0.3 is 9.30 Å². The first kappa shape index (κ1) is 17.3. The summed E-state index contributed by atoms with van der Waals surface area (Å²) in [6.07, 6.45) is 1.81. The lowest BCUT2D eigenvalue weighted by atomic mass is 10.1. The van der Waals surface area contributed by atoms with Crippen LogP contribution in [0.5, 0.6) is 5.75 Å². The molecule has 0 amide bonds. The van der Waals surface area contributed by atoms with Crippen LogP contribution in [0.25, 0.3) is 5.69 Å². The van der Waals surface area contributed by atoms with Crippen LogP contribution in [0.2, 0.25) is 0 Å². The zero-order valence-corrected chi connectivity index (χ0v) is 14.8. The summed E-state index contributed by atoms with van der Waals surface area (Å²) in [7, 11) is 1.61. The number of halogens is 1. The van der Waals surface area contributed by atoms with Crippen molar-refractivity contribution in [1.82, 2.24) is 4.57 Å². The molecular weight excluding hydrogens is 337 g/mol. The molecule has 0 saturated heterocycles. The van der Waals surface area contributed by atoms with Gasteiger partial charge in [-0.1, -0.05) is 36.0 Å². The number of benzene rings is 2. The molecule has 0 N–H and O–H groups in total. The van der Waals surface area contributed by atoms with Gasteiger partial charge in [-0.15, -0.1) is 0 Å². The van der Waals surface area contributed by atoms with Crippen molar-refractivity contribution in [3.63, 3.8) is 0 Å². The summed E-state index contributed by atoms with van der Waals surface area (Å²) in [4.78, 5) is 11.8. The van der Waals surface area contributed by atoms with Crippen molar-refractivity contribution in [1.29, 1.82) is 0 Å². The second kappa shape index (κ2) is 7.57. The molecule has 0 aliphatic carbocycles. The molecule has 3 rings (SSSR count). The van der Waals surface area contributed by atoms with E-state index in [9.17, 15) is 9.18 Å². The standard InChI is InChI=1S/C20H18FNO2S/c1-14(23)25-20(15-9-11-16(24-2)12-10-15)19-8-5-13-22(19)18-7-4-3-6-17(18)21/h3-13,20H,1-2H3. The number of hydrogen-bond donors (Lipinski definition) is 0. The Kier molecular flexibility index (Phi) is 5.24. The molecule has 0 spiro atoms. The van der Waals surface area contributed by atoms with Crippen LogP contribution in [0.4, 0.5) is 4.39 Å². The maximum atomic E-state index is 14.2. The van der Waals surface area contributed by atoms with Crippen LogP contribution in [0, 0.1) is 5.82 Å². The van der Waals surface area contributed by atoms with Gasteiger partial charge in [0.25, 0.3) is 0 Å². The fraction of sp³-hybridized carbons (Fsp3) is 0.150. The number of aromatic nitrogens is 1. The van der Waals surface area contributed by atoms with E-state index in [1.807, 2.05) is 42.6 Å². The van der Waals surface area contributed by atoms with Crippen LogP contribution in [-0.4, -0.2) is 16.8 Å². The van der Waals surface area contributed by atoms with Gasteiger partial charge in [0.05, 0.1) is 18.0 Å². The summed E-state index contributed by atoms with van der Waals surface area (Å²) in [5.41, 5.74) is 2.26. The number of rotatable bonds is 5. The van der Waals surface area contributed by atoms with Crippen molar-refractivity contribution < 1.29 is 13.9 Å². The third kappa shape index (κ3) is 3.77. The Bertz CT molecular complexity index is 873. The van der Waals surface area contributed by atoms with E-state index in [1.54, 1.807) is 29.9 Å². The average Bonchev–Trinajstić information content (AvgIpc) is 3.09. The van der Waals surface area contributed by atoms with Crippen LogP contribution < -0.4 is 4.74 Å². The van der Waals surface area contributed by atoms with E-state index in [4.69, 9.17) is 4.74 Å². The Hall–Kier alpha value is -2.53. The molecule has 0 radical (unpaired) electrons. The van der Waals surface area contributed by atoms with Crippen LogP contribution in [0.15, 0.2) is 66.9 Å². The molecule has 25 heavy (non-hydrogen) atoms. The number of hydrogen-bond acceptors (Lipinski definition) is 3. The highest BCUT2D eigenvalue weighted by molar-refractivity contribution is 8.13. The van der Waals surface area contributed by atoms with Gasteiger partial charge in [0.1, 0.15) is 11.6 Å². The largest absolute Gasteiger partial charge is 0.497 e. The molecule has 1 atom stereocenters. The zero-order chi connectivity index (χ0) is 17.8. The fourth-order valence-electron chi connectivity index (χ4n) is 2.72. The first-order valence-electron chi connectivity index (χ1n) is 7.83. The summed E-state index contributed by atoms with van der Waals surface area (Å²) in [6, 6.07) is 18.0. The Morgan fingerprint density at radius 1 is 1.08 bits per heavy atom. The van der Waals surface area contributed by atoms with Gasteiger partial charge in [-0.3, -0.25) is 4.79 Å². The smallest absolute Gasteiger partial charge is 0.186 e. The molecule has 3 aromatic rings. The molecule has 0 bridgehead atoms. The van der Waals surface area contributed by atoms with E-state index in [1.165, 1.54) is 24.8 Å². The van der Waals surface area contributed by atoms with E-state index < -0.39 is 0 Å². The number of ether oxygens (including phenoxy) is 1. The van der Waals surface area contributed by atoms with Crippen molar-refractivity contribution in [2.75, 3.05) is 7.11 Å². The summed E-state index contributed by atoms with van der Waals surface area (Å²) < 4.78 is 21.2. The summed E-state index contributed by atoms with van der Waals surface area (Å²) >= 11 is 1.22. The Morgan fingerprint density at radius 3 is 2.44 bits per heavy atom. The highest BCUT2D eigenvalue weighted by Gasteiger charge is 2.22. The van der Waals surface area contributed by atoms with Crippen molar-refractivity contribution >= 4 is 16.9 Å². The number of thioether (sulfide) groups is 1. The number of para-hydroxylation sites is 1. The van der Waals surface area contributed by atoms with Crippen LogP contribution in [-0.2, 0) is 4.79 Å². The van der Waals surface area contributed by atoms with Crippen molar-refractivity contribution in [3.8, 4) is 11.4 Å². The average molecular weight is 355 g/mol. The highest BCUT2D eigenvalue weighted by atomic mass is 32.2. The predicted octanol–water partition coefficient (Wildman–Crippen LogP) is 4.99. The summed E-state index contributed by atoms with van der Waals surface area (Å²) in [6.45, 7) is 1.54. The van der Waals surface area contributed by atoms with Gasteiger partial charge in [-0.05, 0) is 42.0 Å². The SMILES string of the molecule is COc1ccc(C(SC(C)=O)c2cccn2-c2ccccc2F)cc1. The lowest BCUT2D eigenvalue weighted by Crippen LogP contribution is -2.07. The highest BCUT2D eigenvalue weighted by Crippen LogP contribution is 2.38. The molecule has 0 fully saturated rings. The van der Waals surface area contributed by atoms with Gasteiger partial charge in [0.2, 0.25) is 0 Å². The number of nitrogens with zero attached hydrogens (tertiary/aromatic N) is 1. The van der Waals surface area contributed by atoms with Gasteiger partial charge in [-0.2, -0.15) is 0 Å². The minimum absolute atomic E-state index is 0.00195. The number of methoxy groups -OCH3 is 1. The van der Waals surface area contributed by atoms with Crippen LogP contribution in [0.1, 0.15) is 23.4 Å². The molecule has 1 heterocycles. The van der Waals surface area contributed by atoms with Crippen LogP contribution in [0.3, 0.4) is 0 Å². The molecule has 3 nitrogen and oxygen atoms in total. The van der Waals surface area contributed by atoms with Gasteiger partial charge in [0, 0.05) is 18.8 Å². The topological polar surface area (TPSA) is 31.2 Å². The molecule has 0 saturated carbocycles. The summed E-state index contributed by atoms with van der Waals surface area (Å²) in [5.74, 6) is 0.445. The molecule has 128 valence electrons. The lowest BCUT2D eigenvalue weighted by Gasteiger charge is -2.19. The third-order valence-corrected chi connectivity index (χ3v) is 4.94. The number of carbonyl (C=O) groups excluding carboxylic acids is 1. The Balaban J connectivity index is 2.07. The molecular formula is C20H18FNO2S. The van der Waals surface area contributed by atoms with E-state index >= 15 is 0 Å². The van der Waals surface area contributed by atoms with Crippen molar-refractivity contribution in [2.45, 2.75) is 12.2 Å². The van der Waals surface area contributed by atoms with Gasteiger partial charge in [0.15, 0.2) is 5.12 Å². The van der Waals surface area contributed by atoms with Crippen molar-refractivity contribution in [2.24, 2.45) is 0 Å². The lowest BCUT2D eigenvalue weighted by molar-refractivity contribution is -0.109. The maximum absolute atomic E-state index is 14.2. The monoisotopic (exact) mass is 355 g/mol. The predicted molar refractivity (Wildman–Crippen MR) is 98.8 cm³/mol. The quantitative estimate of drug-likeness (QED) is 0.646. The first-order chi connectivity index (χ1) is 12.1. The van der Waals surface area contributed by atoms with E-state index in [2.05, 4.69) is 0 Å². The Morgan fingerprint density at radius 2 is 1.80 bits per heavy atom. The summed E-state index contributed by atoms with van der Waals surface area (Å²) in [5, 5.41) is -0.236. The minimum atomic E-state index is -0.304. The first-order valence-corrected chi connectivity index (χ1v) is 8.71. The van der Waals surface area contributed by atoms with E-state index in [0.717, 1.165) is 17.0 Å². The third-order valence-electron chi connectivity index (χ3n) is 3.86. The fourth-order valence-corrected chi connectivity index (χ4v) is 3.66. The molecule has 1 unspecified atom stereocenters. The maximum Gasteiger partial charge on any atom is 0.186 e. The minimum Gasteiger partial charge on any atom is -0.497 e.